The molecule has 1 N–H and O–H groups in total. The van der Waals surface area contributed by atoms with Gasteiger partial charge in [0.05, 0.1) is 11.9 Å². The maximum atomic E-state index is 13.0. The molecule has 0 fully saturated rings. The number of nitrogens with one attached hydrogen (secondary N) is 1. The van der Waals surface area contributed by atoms with E-state index >= 15 is 0 Å². The predicted molar refractivity (Wildman–Crippen MR) is 104 cm³/mol. The van der Waals surface area contributed by atoms with Crippen molar-refractivity contribution >= 4 is 46.4 Å². The normalized spacial score (nSPS) is 18.6. The summed E-state index contributed by atoms with van der Waals surface area (Å²) in [6.07, 6.45) is 7.12. The largest absolute Gasteiger partial charge is 0.307 e. The van der Waals surface area contributed by atoms with Crippen molar-refractivity contribution < 1.29 is 9.79 Å². The number of hydrogen-bond acceptors (Lipinski definition) is 6. The van der Waals surface area contributed by atoms with Gasteiger partial charge in [-0.25, -0.2) is 15.0 Å². The van der Waals surface area contributed by atoms with Crippen LogP contribution >= 0.6 is 11.8 Å². The molecule has 0 saturated carbocycles. The van der Waals surface area contributed by atoms with Crippen LogP contribution < -0.4 is 9.89 Å². The maximum Gasteiger partial charge on any atom is 0.307 e. The summed E-state index contributed by atoms with van der Waals surface area (Å²) in [5.74, 6) is 1.26. The fraction of sp³-hybridized carbons (Fsp3) is 0.111. The van der Waals surface area contributed by atoms with E-state index in [0.29, 0.717) is 22.5 Å². The molecular weight excluding hydrogens is 362 g/mol. The molecule has 1 amide bonds. The minimum Gasteiger partial charge on any atom is -0.291 e. The monoisotopic (exact) mass is 376 g/mol. The summed E-state index contributed by atoms with van der Waals surface area (Å²) in [5.41, 5.74) is 1.67. The summed E-state index contributed by atoms with van der Waals surface area (Å²) in [4.78, 5) is 26.7. The van der Waals surface area contributed by atoms with Crippen LogP contribution in [0.5, 0.6) is 0 Å². The Morgan fingerprint density at radius 3 is 2.93 bits per heavy atom. The number of thioether (sulfide) groups is 1. The lowest BCUT2D eigenvalue weighted by Gasteiger charge is -2.23. The number of anilines is 1. The average molecular weight is 376 g/mol. The first-order chi connectivity index (χ1) is 13.3. The van der Waals surface area contributed by atoms with E-state index in [1.807, 2.05) is 53.2 Å². The Balaban J connectivity index is 1.47. The molecule has 27 heavy (non-hydrogen) atoms. The van der Waals surface area contributed by atoms with Crippen molar-refractivity contribution in [2.75, 3.05) is 4.90 Å². The molecule has 2 aliphatic heterocycles. The topological polar surface area (TPSA) is 89.2 Å². The first kappa shape index (κ1) is 15.9. The van der Waals surface area contributed by atoms with Crippen LogP contribution in [0.3, 0.4) is 0 Å². The van der Waals surface area contributed by atoms with E-state index in [-0.39, 0.29) is 5.91 Å². The van der Waals surface area contributed by atoms with E-state index < -0.39 is 5.92 Å². The standard InChI is InChI=1S/C18H13N7OS/c26-16-14-9-20-23-15(14)22-18(25(16)13-5-2-1-3-6-13)27-11-12-10-24-8-4-7-19-17(24)21-12/h1-10,14H,11H2/p+1/t14-/m0/s1. The Labute approximate surface area is 158 Å². The third-order valence-corrected chi connectivity index (χ3v) is 5.26. The molecule has 0 spiro atoms. The minimum atomic E-state index is -0.464. The number of imidazole rings is 1. The number of amidine groups is 2. The molecule has 0 aliphatic carbocycles. The molecule has 132 valence electrons. The van der Waals surface area contributed by atoms with Gasteiger partial charge < -0.3 is 0 Å². The Morgan fingerprint density at radius 1 is 1.19 bits per heavy atom. The van der Waals surface area contributed by atoms with Crippen molar-refractivity contribution in [2.24, 2.45) is 16.1 Å². The Kier molecular flexibility index (Phi) is 3.79. The van der Waals surface area contributed by atoms with Crippen LogP contribution in [0.25, 0.3) is 5.78 Å². The van der Waals surface area contributed by atoms with Gasteiger partial charge in [-0.15, -0.1) is 0 Å². The molecule has 1 aromatic carbocycles. The maximum absolute atomic E-state index is 13.0. The summed E-state index contributed by atoms with van der Waals surface area (Å²) >= 11 is 1.49. The number of benzene rings is 1. The van der Waals surface area contributed by atoms with Gasteiger partial charge >= 0.3 is 5.91 Å². The minimum absolute atomic E-state index is 0.0703. The Hall–Kier alpha value is -3.33. The van der Waals surface area contributed by atoms with E-state index in [0.717, 1.165) is 11.4 Å². The molecule has 0 bridgehead atoms. The number of aromatic nitrogens is 3. The van der Waals surface area contributed by atoms with Gasteiger partial charge in [0, 0.05) is 29.4 Å². The van der Waals surface area contributed by atoms with Gasteiger partial charge in [0.25, 0.3) is 11.0 Å². The quantitative estimate of drug-likeness (QED) is 0.719. The number of rotatable bonds is 3. The number of hydrogen-bond donors (Lipinski definition) is 1. The Morgan fingerprint density at radius 2 is 2.07 bits per heavy atom. The summed E-state index contributed by atoms with van der Waals surface area (Å²) in [6.45, 7) is 0. The van der Waals surface area contributed by atoms with Crippen molar-refractivity contribution in [1.29, 1.82) is 0 Å². The molecule has 4 heterocycles. The molecular formula is C18H14N7OS+. The van der Waals surface area contributed by atoms with Crippen LogP contribution in [-0.4, -0.2) is 37.5 Å². The van der Waals surface area contributed by atoms with E-state index in [4.69, 9.17) is 0 Å². The van der Waals surface area contributed by atoms with Gasteiger partial charge in [0.1, 0.15) is 5.69 Å². The van der Waals surface area contributed by atoms with Crippen molar-refractivity contribution in [3.05, 3.63) is 60.7 Å². The number of nitrogens with zero attached hydrogens (tertiary/aromatic N) is 6. The number of fused-ring (bicyclic) bond motifs is 2. The second-order valence-corrected chi connectivity index (χ2v) is 6.98. The zero-order valence-electron chi connectivity index (χ0n) is 14.1. The van der Waals surface area contributed by atoms with E-state index in [1.54, 1.807) is 17.3 Å². The number of carbonyl (C=O) groups excluding carboxylic acids is 1. The highest BCUT2D eigenvalue weighted by Crippen LogP contribution is 2.24. The molecule has 2 aromatic heterocycles. The fourth-order valence-corrected chi connectivity index (χ4v) is 3.92. The number of amides is 1. The molecule has 0 saturated heterocycles. The van der Waals surface area contributed by atoms with Crippen LogP contribution in [0.1, 0.15) is 5.69 Å². The molecule has 9 heteroatoms. The highest BCUT2D eigenvalue weighted by molar-refractivity contribution is 8.13. The first-order valence-electron chi connectivity index (χ1n) is 8.35. The second kappa shape index (κ2) is 6.44. The van der Waals surface area contributed by atoms with Gasteiger partial charge in [-0.3, -0.25) is 9.20 Å². The second-order valence-electron chi connectivity index (χ2n) is 6.01. The van der Waals surface area contributed by atoms with Crippen LogP contribution in [0.15, 0.2) is 65.2 Å². The number of para-hydroxylation sites is 1. The summed E-state index contributed by atoms with van der Waals surface area (Å²) < 4.78 is 1.87. The lowest BCUT2D eigenvalue weighted by Crippen LogP contribution is -2.85. The average Bonchev–Trinajstić information content (AvgIpc) is 3.33. The molecule has 0 unspecified atom stereocenters. The molecule has 0 radical (unpaired) electrons. The van der Waals surface area contributed by atoms with Crippen molar-refractivity contribution in [2.45, 2.75) is 5.75 Å². The van der Waals surface area contributed by atoms with E-state index in [2.05, 4.69) is 25.2 Å². The van der Waals surface area contributed by atoms with Gasteiger partial charge in [0.15, 0.2) is 5.92 Å². The van der Waals surface area contributed by atoms with Gasteiger partial charge in [0.2, 0.25) is 5.78 Å². The molecule has 1 atom stereocenters. The summed E-state index contributed by atoms with van der Waals surface area (Å²) in [6, 6.07) is 11.4. The highest BCUT2D eigenvalue weighted by atomic mass is 32.2. The predicted octanol–water partition coefficient (Wildman–Crippen LogP) is 0.460. The van der Waals surface area contributed by atoms with E-state index in [9.17, 15) is 4.79 Å². The first-order valence-corrected chi connectivity index (χ1v) is 9.33. The van der Waals surface area contributed by atoms with E-state index in [1.165, 1.54) is 11.8 Å². The fourth-order valence-electron chi connectivity index (χ4n) is 3.00. The molecule has 8 nitrogen and oxygen atoms in total. The molecule has 5 rings (SSSR count). The summed E-state index contributed by atoms with van der Waals surface area (Å²) in [5, 5.41) is 8.63. The van der Waals surface area contributed by atoms with Crippen molar-refractivity contribution in [3.8, 4) is 0 Å². The number of carbonyl (C=O) groups is 1. The zero-order chi connectivity index (χ0) is 18.2. The smallest absolute Gasteiger partial charge is 0.291 e. The third-order valence-electron chi connectivity index (χ3n) is 4.26. The van der Waals surface area contributed by atoms with Gasteiger partial charge in [-0.2, -0.15) is 4.90 Å². The van der Waals surface area contributed by atoms with Crippen molar-refractivity contribution in [1.82, 2.24) is 14.4 Å². The highest BCUT2D eigenvalue weighted by Gasteiger charge is 2.44. The third kappa shape index (κ3) is 2.81. The summed E-state index contributed by atoms with van der Waals surface area (Å²) in [7, 11) is 0. The van der Waals surface area contributed by atoms with Gasteiger partial charge in [-0.1, -0.05) is 23.3 Å². The molecule has 3 aromatic rings. The zero-order valence-corrected chi connectivity index (χ0v) is 14.9. The molecule has 2 aliphatic rings. The van der Waals surface area contributed by atoms with Crippen molar-refractivity contribution in [3.63, 3.8) is 0 Å². The van der Waals surface area contributed by atoms with Crippen LogP contribution in [0.4, 0.5) is 5.69 Å². The van der Waals surface area contributed by atoms with Crippen LogP contribution in [0, 0.1) is 5.92 Å². The lowest BCUT2D eigenvalue weighted by atomic mass is 10.1. The van der Waals surface area contributed by atoms with Crippen LogP contribution in [-0.2, 0) is 10.5 Å². The van der Waals surface area contributed by atoms with Gasteiger partial charge in [-0.05, 0) is 30.0 Å². The lowest BCUT2D eigenvalue weighted by molar-refractivity contribution is -0.320. The SMILES string of the molecule is O=C1[C@H]2C=NN=C2[NH+]=C(SCc2cn3cccnc3n2)N1c1ccccc1. The Bertz CT molecular complexity index is 1090. The van der Waals surface area contributed by atoms with Crippen LogP contribution in [0.2, 0.25) is 0 Å².